The van der Waals surface area contributed by atoms with E-state index in [1.165, 1.54) is 32.7 Å². The molecule has 268 valence electrons. The largest absolute Gasteiger partial charge is 0.456 e. The number of fused-ring (bicyclic) bond motifs is 4. The highest BCUT2D eigenvalue weighted by Crippen LogP contribution is 2.42. The number of hydrogen-bond donors (Lipinski definition) is 1. The lowest BCUT2D eigenvalue weighted by Gasteiger charge is -2.25. The molecule has 1 aliphatic heterocycles. The molecule has 0 spiro atoms. The Morgan fingerprint density at radius 2 is 1.25 bits per heavy atom. The van der Waals surface area contributed by atoms with Crippen LogP contribution in [0.5, 0.6) is 0 Å². The molecule has 1 aromatic heterocycles. The summed E-state index contributed by atoms with van der Waals surface area (Å²) < 4.78 is 6.83. The normalized spacial score (nSPS) is 14.4. The number of nitrogens with one attached hydrogen (secondary N) is 1. The van der Waals surface area contributed by atoms with Gasteiger partial charge in [-0.2, -0.15) is 0 Å². The monoisotopic (exact) mass is 721 g/mol. The van der Waals surface area contributed by atoms with Crippen LogP contribution in [0.15, 0.2) is 184 Å². The minimum absolute atomic E-state index is 0.427. The maximum Gasteiger partial charge on any atom is 0.159 e. The Morgan fingerprint density at radius 1 is 0.589 bits per heavy atom. The van der Waals surface area contributed by atoms with E-state index in [4.69, 9.17) is 14.4 Å². The van der Waals surface area contributed by atoms with Crippen molar-refractivity contribution in [1.82, 2.24) is 5.32 Å². The first-order chi connectivity index (χ1) is 27.6. The van der Waals surface area contributed by atoms with Gasteiger partial charge < -0.3 is 9.73 Å². The van der Waals surface area contributed by atoms with Crippen LogP contribution in [0.3, 0.4) is 0 Å². The molecule has 0 saturated heterocycles. The van der Waals surface area contributed by atoms with Crippen LogP contribution in [0.25, 0.3) is 71.6 Å². The average Bonchev–Trinajstić information content (AvgIpc) is 3.60. The van der Waals surface area contributed by atoms with Gasteiger partial charge in [0.2, 0.25) is 0 Å². The lowest BCUT2D eigenvalue weighted by Crippen LogP contribution is -2.33. The van der Waals surface area contributed by atoms with E-state index in [-0.39, 0.29) is 0 Å². The Morgan fingerprint density at radius 3 is 2.09 bits per heavy atom. The summed E-state index contributed by atoms with van der Waals surface area (Å²) >= 11 is 0. The number of nitrogens with zero attached hydrogens (tertiary/aromatic N) is 2. The van der Waals surface area contributed by atoms with Crippen LogP contribution in [-0.4, -0.2) is 11.7 Å². The molecule has 0 radical (unpaired) electrons. The highest BCUT2D eigenvalue weighted by molar-refractivity contribution is 6.15. The summed E-state index contributed by atoms with van der Waals surface area (Å²) in [6, 6.07) is 58.1. The lowest BCUT2D eigenvalue weighted by atomic mass is 9.93. The van der Waals surface area contributed by atoms with Crippen LogP contribution in [0, 0.1) is 6.92 Å². The number of aryl methyl sites for hydroxylation is 1. The average molecular weight is 722 g/mol. The molecule has 0 bridgehead atoms. The molecule has 0 amide bonds. The molecule has 2 heterocycles. The molecule has 8 aromatic carbocycles. The fourth-order valence-electron chi connectivity index (χ4n) is 8.10. The molecule has 0 aliphatic carbocycles. The zero-order chi connectivity index (χ0) is 37.6. The van der Waals surface area contributed by atoms with Crippen molar-refractivity contribution in [2.45, 2.75) is 26.4 Å². The van der Waals surface area contributed by atoms with Gasteiger partial charge in [0.25, 0.3) is 0 Å². The van der Waals surface area contributed by atoms with Crippen molar-refractivity contribution >= 4 is 61.0 Å². The van der Waals surface area contributed by atoms with Crippen LogP contribution < -0.4 is 5.32 Å². The van der Waals surface area contributed by atoms with Gasteiger partial charge in [-0.15, -0.1) is 0 Å². The van der Waals surface area contributed by atoms with Crippen molar-refractivity contribution in [3.63, 3.8) is 0 Å². The number of benzene rings is 8. The lowest BCUT2D eigenvalue weighted by molar-refractivity contribution is 0.601. The summed E-state index contributed by atoms with van der Waals surface area (Å²) in [5.74, 6) is 2.33. The number of amidine groups is 2. The molecule has 4 heteroatoms. The highest BCUT2D eigenvalue weighted by atomic mass is 16.3. The Balaban J connectivity index is 1.15. The second kappa shape index (κ2) is 14.0. The van der Waals surface area contributed by atoms with Gasteiger partial charge in [0, 0.05) is 33.2 Å². The van der Waals surface area contributed by atoms with Crippen molar-refractivity contribution in [1.29, 1.82) is 0 Å². The first kappa shape index (κ1) is 33.5. The van der Waals surface area contributed by atoms with E-state index in [0.717, 1.165) is 73.1 Å². The van der Waals surface area contributed by atoms with Crippen LogP contribution in [0.1, 0.15) is 47.5 Å². The summed E-state index contributed by atoms with van der Waals surface area (Å²) in [7, 11) is 0. The molecule has 10 rings (SSSR count). The zero-order valence-electron chi connectivity index (χ0n) is 31.3. The third kappa shape index (κ3) is 5.96. The molecule has 4 nitrogen and oxygen atoms in total. The van der Waals surface area contributed by atoms with Gasteiger partial charge >= 0.3 is 0 Å². The SMILES string of the molecule is CC/C=C\c1oc2c(-c3cccc4ccccc34)ccc(C3N=C(c4ccc5cc(-c6ccccc6)ccc5c4)N=C(c4ccc5ccccc5c4)N3)c2c1C. The summed E-state index contributed by atoms with van der Waals surface area (Å²) in [6.45, 7) is 4.31. The van der Waals surface area contributed by atoms with Crippen molar-refractivity contribution < 1.29 is 4.42 Å². The molecule has 0 saturated carbocycles. The summed E-state index contributed by atoms with van der Waals surface area (Å²) in [6.07, 6.45) is 4.75. The Bertz CT molecular complexity index is 3050. The first-order valence-electron chi connectivity index (χ1n) is 19.3. The van der Waals surface area contributed by atoms with Crippen LogP contribution in [0.2, 0.25) is 0 Å². The minimum Gasteiger partial charge on any atom is -0.456 e. The van der Waals surface area contributed by atoms with E-state index >= 15 is 0 Å². The smallest absolute Gasteiger partial charge is 0.159 e. The maximum absolute atomic E-state index is 6.83. The summed E-state index contributed by atoms with van der Waals surface area (Å²) in [5.41, 5.74) is 9.58. The summed E-state index contributed by atoms with van der Waals surface area (Å²) in [4.78, 5) is 10.7. The Labute approximate surface area is 326 Å². The molecule has 1 aliphatic rings. The molecule has 1 atom stereocenters. The van der Waals surface area contributed by atoms with Gasteiger partial charge in [-0.25, -0.2) is 9.98 Å². The second-order valence-corrected chi connectivity index (χ2v) is 14.5. The molecule has 1 unspecified atom stereocenters. The summed E-state index contributed by atoms with van der Waals surface area (Å²) in [5, 5.41) is 11.9. The van der Waals surface area contributed by atoms with E-state index in [1.54, 1.807) is 0 Å². The molecule has 0 fully saturated rings. The number of aliphatic imine (C=N–C) groups is 2. The van der Waals surface area contributed by atoms with Gasteiger partial charge in [-0.3, -0.25) is 0 Å². The molecule has 1 N–H and O–H groups in total. The van der Waals surface area contributed by atoms with E-state index in [0.29, 0.717) is 5.84 Å². The fraction of sp³-hybridized carbons (Fsp3) is 0.0769. The standard InChI is InChI=1S/C52H39N3O/c1-3-4-21-47-33(2)48-46(29-28-45(49(48)56-47)44-20-12-18-36-16-10-11-19-43(36)44)52-54-50(41-26-22-35-15-8-9-17-37(35)31-41)53-51(55-52)42-27-25-39-30-38(23-24-40(39)32-42)34-13-6-5-7-14-34/h4-32,52H,3H2,1-2H3,(H,53,54,55)/b21-4-. The van der Waals surface area contributed by atoms with Crippen molar-refractivity contribution in [2.75, 3.05) is 0 Å². The predicted octanol–water partition coefficient (Wildman–Crippen LogP) is 13.5. The van der Waals surface area contributed by atoms with Crippen molar-refractivity contribution in [3.05, 3.63) is 198 Å². The quantitative estimate of drug-likeness (QED) is 0.178. The molecular formula is C52H39N3O. The molecule has 56 heavy (non-hydrogen) atoms. The van der Waals surface area contributed by atoms with Crippen LogP contribution in [-0.2, 0) is 0 Å². The first-order valence-corrected chi connectivity index (χ1v) is 19.3. The topological polar surface area (TPSA) is 49.9 Å². The maximum atomic E-state index is 6.83. The van der Waals surface area contributed by atoms with Crippen molar-refractivity contribution in [3.8, 4) is 22.3 Å². The predicted molar refractivity (Wildman–Crippen MR) is 236 cm³/mol. The van der Waals surface area contributed by atoms with E-state index in [9.17, 15) is 0 Å². The van der Waals surface area contributed by atoms with Gasteiger partial charge in [0.15, 0.2) is 5.84 Å². The zero-order valence-corrected chi connectivity index (χ0v) is 31.3. The van der Waals surface area contributed by atoms with Gasteiger partial charge in [-0.05, 0) is 86.6 Å². The van der Waals surface area contributed by atoms with Crippen LogP contribution in [0.4, 0.5) is 0 Å². The van der Waals surface area contributed by atoms with E-state index < -0.39 is 6.17 Å². The van der Waals surface area contributed by atoms with Gasteiger partial charge in [-0.1, -0.05) is 159 Å². The number of hydrogen-bond acceptors (Lipinski definition) is 4. The third-order valence-electron chi connectivity index (χ3n) is 11.0. The van der Waals surface area contributed by atoms with Gasteiger partial charge in [0.1, 0.15) is 23.3 Å². The fourth-order valence-corrected chi connectivity index (χ4v) is 8.10. The second-order valence-electron chi connectivity index (χ2n) is 14.5. The minimum atomic E-state index is -0.427. The van der Waals surface area contributed by atoms with E-state index in [1.807, 2.05) is 0 Å². The van der Waals surface area contributed by atoms with Crippen LogP contribution >= 0.6 is 0 Å². The number of furan rings is 1. The Hall–Kier alpha value is -7.04. The highest BCUT2D eigenvalue weighted by Gasteiger charge is 2.27. The number of allylic oxidation sites excluding steroid dienone is 1. The third-order valence-corrected chi connectivity index (χ3v) is 11.0. The number of rotatable bonds is 7. The van der Waals surface area contributed by atoms with E-state index in [2.05, 4.69) is 195 Å². The molecule has 9 aromatic rings. The Kier molecular flexibility index (Phi) is 8.37. The van der Waals surface area contributed by atoms with Gasteiger partial charge in [0.05, 0.1) is 0 Å². The molecular weight excluding hydrogens is 683 g/mol. The van der Waals surface area contributed by atoms with Crippen molar-refractivity contribution in [2.24, 2.45) is 9.98 Å².